The number of carbonyl (C=O) groups is 2. The monoisotopic (exact) mass is 348 g/mol. The van der Waals surface area contributed by atoms with Crippen LogP contribution in [0.25, 0.3) is 0 Å². The number of amides is 4. The molecule has 0 unspecified atom stereocenters. The van der Waals surface area contributed by atoms with Crippen molar-refractivity contribution in [3.8, 4) is 0 Å². The highest BCUT2D eigenvalue weighted by Gasteiger charge is 2.10. The molecule has 0 saturated heterocycles. The molecule has 4 amide bonds. The molecule has 0 aromatic heterocycles. The quantitative estimate of drug-likeness (QED) is 0.553. The summed E-state index contributed by atoms with van der Waals surface area (Å²) < 4.78 is 0. The van der Waals surface area contributed by atoms with Crippen LogP contribution >= 0.6 is 0 Å². The van der Waals surface area contributed by atoms with Crippen molar-refractivity contribution in [1.82, 2.24) is 10.6 Å². The second-order valence-electron chi connectivity index (χ2n) is 6.61. The van der Waals surface area contributed by atoms with Gasteiger partial charge < -0.3 is 21.3 Å². The van der Waals surface area contributed by atoms with Crippen LogP contribution in [0.1, 0.15) is 58.9 Å². The Hall–Kier alpha value is -2.24. The molecule has 1 aromatic carbocycles. The van der Waals surface area contributed by atoms with Gasteiger partial charge in [-0.15, -0.1) is 0 Å². The van der Waals surface area contributed by atoms with E-state index in [1.165, 1.54) is 0 Å². The third-order valence-corrected chi connectivity index (χ3v) is 3.94. The number of hydrogen-bond acceptors (Lipinski definition) is 2. The molecule has 0 aliphatic rings. The van der Waals surface area contributed by atoms with Crippen LogP contribution in [0.15, 0.2) is 18.2 Å². The van der Waals surface area contributed by atoms with E-state index in [-0.39, 0.29) is 24.1 Å². The molecule has 0 heterocycles. The molecule has 2 atom stereocenters. The van der Waals surface area contributed by atoms with Crippen LogP contribution in [0.4, 0.5) is 21.0 Å². The van der Waals surface area contributed by atoms with Gasteiger partial charge in [-0.05, 0) is 51.3 Å². The summed E-state index contributed by atoms with van der Waals surface area (Å²) in [6.07, 6.45) is 3.91. The van der Waals surface area contributed by atoms with Crippen LogP contribution in [-0.4, -0.2) is 24.1 Å². The molecule has 6 nitrogen and oxygen atoms in total. The number of nitrogens with one attached hydrogen (secondary N) is 4. The minimum absolute atomic E-state index is 0.123. The maximum absolute atomic E-state index is 12.1. The van der Waals surface area contributed by atoms with Crippen molar-refractivity contribution in [2.45, 2.75) is 72.4 Å². The topological polar surface area (TPSA) is 82.3 Å². The molecular formula is C19H32N4O2. The van der Waals surface area contributed by atoms with Gasteiger partial charge in [-0.25, -0.2) is 9.59 Å². The molecule has 6 heteroatoms. The van der Waals surface area contributed by atoms with Crippen LogP contribution in [0.3, 0.4) is 0 Å². The normalized spacial score (nSPS) is 12.8. The van der Waals surface area contributed by atoms with Crippen molar-refractivity contribution in [2.75, 3.05) is 10.6 Å². The number of carbonyl (C=O) groups excluding carboxylic acids is 2. The lowest BCUT2D eigenvalue weighted by Crippen LogP contribution is -2.36. The lowest BCUT2D eigenvalue weighted by atomic mass is 10.1. The molecule has 0 aliphatic heterocycles. The summed E-state index contributed by atoms with van der Waals surface area (Å²) >= 11 is 0. The van der Waals surface area contributed by atoms with Gasteiger partial charge in [0, 0.05) is 23.5 Å². The molecule has 0 fully saturated rings. The predicted octanol–water partition coefficient (Wildman–Crippen LogP) is 4.62. The van der Waals surface area contributed by atoms with Crippen molar-refractivity contribution < 1.29 is 9.59 Å². The Bertz CT molecular complexity index is 575. The number of urea groups is 2. The molecule has 0 radical (unpaired) electrons. The Morgan fingerprint density at radius 1 is 0.920 bits per heavy atom. The van der Waals surface area contributed by atoms with Crippen LogP contribution in [0, 0.1) is 6.92 Å². The van der Waals surface area contributed by atoms with E-state index >= 15 is 0 Å². The van der Waals surface area contributed by atoms with Gasteiger partial charge in [-0.3, -0.25) is 0 Å². The first-order valence-electron chi connectivity index (χ1n) is 9.11. The summed E-state index contributed by atoms with van der Waals surface area (Å²) in [6.45, 7) is 10.0. The molecule has 1 aromatic rings. The van der Waals surface area contributed by atoms with E-state index in [0.29, 0.717) is 11.4 Å². The zero-order valence-corrected chi connectivity index (χ0v) is 16.0. The number of benzene rings is 1. The zero-order chi connectivity index (χ0) is 18.8. The van der Waals surface area contributed by atoms with Crippen molar-refractivity contribution in [1.29, 1.82) is 0 Å². The van der Waals surface area contributed by atoms with E-state index < -0.39 is 0 Å². The fourth-order valence-electron chi connectivity index (χ4n) is 2.62. The minimum atomic E-state index is -0.239. The second kappa shape index (κ2) is 10.6. The lowest BCUT2D eigenvalue weighted by molar-refractivity contribution is 0.248. The molecule has 0 spiro atoms. The molecule has 0 bridgehead atoms. The SMILES string of the molecule is CCC[C@@H](C)NC(=O)Nc1cc(NC(=O)N[C@@H](C)CCC)ccc1C. The van der Waals surface area contributed by atoms with Gasteiger partial charge >= 0.3 is 12.1 Å². The van der Waals surface area contributed by atoms with Crippen molar-refractivity contribution >= 4 is 23.4 Å². The van der Waals surface area contributed by atoms with Gasteiger partial charge in [0.05, 0.1) is 0 Å². The fraction of sp³-hybridized carbons (Fsp3) is 0.579. The van der Waals surface area contributed by atoms with Gasteiger partial charge in [-0.1, -0.05) is 32.8 Å². The van der Waals surface area contributed by atoms with Crippen LogP contribution in [0.5, 0.6) is 0 Å². The highest BCUT2D eigenvalue weighted by Crippen LogP contribution is 2.20. The minimum Gasteiger partial charge on any atom is -0.335 e. The number of rotatable bonds is 8. The smallest absolute Gasteiger partial charge is 0.319 e. The maximum Gasteiger partial charge on any atom is 0.319 e. The molecule has 25 heavy (non-hydrogen) atoms. The van der Waals surface area contributed by atoms with Gasteiger partial charge in [0.1, 0.15) is 0 Å². The Morgan fingerprint density at radius 3 is 1.96 bits per heavy atom. The third kappa shape index (κ3) is 7.92. The standard InChI is InChI=1S/C19H32N4O2/c1-6-8-14(4)20-18(24)22-16-11-10-13(3)17(12-16)23-19(25)21-15(5)9-7-2/h10-12,14-15H,6-9H2,1-5H3,(H2,20,22,24)(H2,21,23,25)/t14-,15+/m0/s1. The molecule has 140 valence electrons. The highest BCUT2D eigenvalue weighted by molar-refractivity contribution is 5.93. The van der Waals surface area contributed by atoms with E-state index in [4.69, 9.17) is 0 Å². The van der Waals surface area contributed by atoms with Crippen molar-refractivity contribution in [3.05, 3.63) is 23.8 Å². The van der Waals surface area contributed by atoms with Gasteiger partial charge in [-0.2, -0.15) is 0 Å². The molecule has 0 aliphatic carbocycles. The van der Waals surface area contributed by atoms with E-state index in [1.807, 2.05) is 32.9 Å². The lowest BCUT2D eigenvalue weighted by Gasteiger charge is -2.16. The summed E-state index contributed by atoms with van der Waals surface area (Å²) in [5.74, 6) is 0. The first-order chi connectivity index (χ1) is 11.8. The number of anilines is 2. The van der Waals surface area contributed by atoms with E-state index in [2.05, 4.69) is 35.1 Å². The first kappa shape index (κ1) is 20.8. The Morgan fingerprint density at radius 2 is 1.44 bits per heavy atom. The van der Waals surface area contributed by atoms with Crippen molar-refractivity contribution in [3.63, 3.8) is 0 Å². The average Bonchev–Trinajstić information content (AvgIpc) is 2.50. The number of aryl methyl sites for hydroxylation is 1. The summed E-state index contributed by atoms with van der Waals surface area (Å²) in [7, 11) is 0. The summed E-state index contributed by atoms with van der Waals surface area (Å²) in [5, 5.41) is 11.5. The predicted molar refractivity (Wildman–Crippen MR) is 104 cm³/mol. The van der Waals surface area contributed by atoms with E-state index in [0.717, 1.165) is 31.2 Å². The van der Waals surface area contributed by atoms with Crippen LogP contribution < -0.4 is 21.3 Å². The Kier molecular flexibility index (Phi) is 8.81. The van der Waals surface area contributed by atoms with Crippen molar-refractivity contribution in [2.24, 2.45) is 0 Å². The molecule has 4 N–H and O–H groups in total. The van der Waals surface area contributed by atoms with Crippen LogP contribution in [-0.2, 0) is 0 Å². The zero-order valence-electron chi connectivity index (χ0n) is 16.0. The van der Waals surface area contributed by atoms with Gasteiger partial charge in [0.2, 0.25) is 0 Å². The highest BCUT2D eigenvalue weighted by atomic mass is 16.2. The summed E-state index contributed by atoms with van der Waals surface area (Å²) in [4.78, 5) is 24.1. The van der Waals surface area contributed by atoms with Crippen LogP contribution in [0.2, 0.25) is 0 Å². The summed E-state index contributed by atoms with van der Waals surface area (Å²) in [5.41, 5.74) is 2.26. The van der Waals surface area contributed by atoms with E-state index in [9.17, 15) is 9.59 Å². The second-order valence-corrected chi connectivity index (χ2v) is 6.61. The fourth-order valence-corrected chi connectivity index (χ4v) is 2.62. The maximum atomic E-state index is 12.1. The largest absolute Gasteiger partial charge is 0.335 e. The molecule has 1 rings (SSSR count). The Labute approximate surface area is 151 Å². The van der Waals surface area contributed by atoms with E-state index in [1.54, 1.807) is 6.07 Å². The van der Waals surface area contributed by atoms with Gasteiger partial charge in [0.25, 0.3) is 0 Å². The molecular weight excluding hydrogens is 316 g/mol. The molecule has 0 saturated carbocycles. The number of hydrogen-bond donors (Lipinski definition) is 4. The Balaban J connectivity index is 2.66. The third-order valence-electron chi connectivity index (χ3n) is 3.94. The average molecular weight is 348 g/mol. The van der Waals surface area contributed by atoms with Gasteiger partial charge in [0.15, 0.2) is 0 Å². The summed E-state index contributed by atoms with van der Waals surface area (Å²) in [6, 6.07) is 5.23. The first-order valence-corrected chi connectivity index (χ1v) is 9.11.